The standard InChI is InChI=1S/C12H17NO.C8H18O2/c1-4-13(5-2)12(14)11-8-6-7-10(3)9-11;1-3-5-8(10)7(4-2)6-9/h6-9H,4-5H2,1-3H3;7-10H,3-6H2,1-2H3. The molecule has 0 heterocycles. The van der Waals surface area contributed by atoms with Crippen LogP contribution in [0.4, 0.5) is 0 Å². The van der Waals surface area contributed by atoms with Crippen molar-refractivity contribution in [2.24, 2.45) is 5.92 Å². The molecular weight excluding hydrogens is 302 g/mol. The molecule has 1 amide bonds. The fourth-order valence-corrected chi connectivity index (χ4v) is 2.53. The van der Waals surface area contributed by atoms with Crippen molar-refractivity contribution >= 4 is 5.91 Å². The van der Waals surface area contributed by atoms with Gasteiger partial charge in [-0.15, -0.1) is 0 Å². The highest BCUT2D eigenvalue weighted by Crippen LogP contribution is 2.12. The molecule has 0 saturated carbocycles. The van der Waals surface area contributed by atoms with Gasteiger partial charge in [-0.1, -0.05) is 38.0 Å². The van der Waals surface area contributed by atoms with Gasteiger partial charge in [0.25, 0.3) is 5.91 Å². The predicted octanol–water partition coefficient (Wildman–Crippen LogP) is 3.64. The predicted molar refractivity (Wildman–Crippen MR) is 100 cm³/mol. The number of aryl methyl sites for hydroxylation is 1. The minimum atomic E-state index is -0.306. The molecule has 1 rings (SSSR count). The molecule has 1 aromatic carbocycles. The molecular formula is C20H35NO3. The molecule has 0 spiro atoms. The van der Waals surface area contributed by atoms with E-state index in [0.29, 0.717) is 0 Å². The summed E-state index contributed by atoms with van der Waals surface area (Å²) >= 11 is 0. The van der Waals surface area contributed by atoms with E-state index in [9.17, 15) is 9.90 Å². The van der Waals surface area contributed by atoms with E-state index in [1.807, 2.05) is 63.8 Å². The van der Waals surface area contributed by atoms with Gasteiger partial charge in [0.2, 0.25) is 0 Å². The van der Waals surface area contributed by atoms with Crippen LogP contribution in [0.15, 0.2) is 24.3 Å². The molecule has 1 aromatic rings. The second-order valence-electron chi connectivity index (χ2n) is 6.05. The smallest absolute Gasteiger partial charge is 0.253 e. The van der Waals surface area contributed by atoms with Crippen LogP contribution < -0.4 is 0 Å². The Morgan fingerprint density at radius 2 is 1.79 bits per heavy atom. The second kappa shape index (κ2) is 13.0. The second-order valence-corrected chi connectivity index (χ2v) is 6.05. The molecule has 0 radical (unpaired) electrons. The maximum absolute atomic E-state index is 11.9. The molecule has 24 heavy (non-hydrogen) atoms. The third-order valence-corrected chi connectivity index (χ3v) is 4.20. The molecule has 0 fully saturated rings. The van der Waals surface area contributed by atoms with Crippen LogP contribution in [0.2, 0.25) is 0 Å². The highest BCUT2D eigenvalue weighted by molar-refractivity contribution is 5.94. The molecule has 138 valence electrons. The van der Waals surface area contributed by atoms with Gasteiger partial charge in [0, 0.05) is 31.2 Å². The monoisotopic (exact) mass is 337 g/mol. The lowest BCUT2D eigenvalue weighted by atomic mass is 9.97. The highest BCUT2D eigenvalue weighted by Gasteiger charge is 2.14. The van der Waals surface area contributed by atoms with E-state index in [1.165, 1.54) is 0 Å². The van der Waals surface area contributed by atoms with Gasteiger partial charge in [-0.3, -0.25) is 4.79 Å². The number of nitrogens with zero attached hydrogens (tertiary/aromatic N) is 1. The van der Waals surface area contributed by atoms with Gasteiger partial charge < -0.3 is 15.1 Å². The maximum Gasteiger partial charge on any atom is 0.253 e. The Kier molecular flexibility index (Phi) is 12.2. The number of hydrogen-bond acceptors (Lipinski definition) is 3. The molecule has 0 aliphatic rings. The summed E-state index contributed by atoms with van der Waals surface area (Å²) in [6.45, 7) is 11.7. The Morgan fingerprint density at radius 3 is 2.21 bits per heavy atom. The third kappa shape index (κ3) is 7.93. The molecule has 4 nitrogen and oxygen atoms in total. The molecule has 0 aliphatic heterocycles. The molecule has 2 atom stereocenters. The zero-order valence-corrected chi connectivity index (χ0v) is 16.0. The van der Waals surface area contributed by atoms with Crippen molar-refractivity contribution < 1.29 is 15.0 Å². The van der Waals surface area contributed by atoms with Gasteiger partial charge in [-0.05, 0) is 45.7 Å². The fourth-order valence-electron chi connectivity index (χ4n) is 2.53. The average Bonchev–Trinajstić information content (AvgIpc) is 2.58. The SMILES string of the molecule is CCCC(O)C(CC)CO.CCN(CC)C(=O)c1cccc(C)c1. The Morgan fingerprint density at radius 1 is 1.17 bits per heavy atom. The first-order valence-electron chi connectivity index (χ1n) is 9.09. The van der Waals surface area contributed by atoms with Crippen molar-refractivity contribution in [3.05, 3.63) is 35.4 Å². The lowest BCUT2D eigenvalue weighted by Gasteiger charge is -2.18. The molecule has 0 aromatic heterocycles. The number of benzene rings is 1. The van der Waals surface area contributed by atoms with Crippen LogP contribution in [-0.4, -0.2) is 46.8 Å². The van der Waals surface area contributed by atoms with Crippen molar-refractivity contribution in [3.8, 4) is 0 Å². The van der Waals surface area contributed by atoms with Gasteiger partial charge in [0.15, 0.2) is 0 Å². The van der Waals surface area contributed by atoms with Crippen LogP contribution in [-0.2, 0) is 0 Å². The number of rotatable bonds is 8. The summed E-state index contributed by atoms with van der Waals surface area (Å²) in [5.41, 5.74) is 1.91. The number of amides is 1. The summed E-state index contributed by atoms with van der Waals surface area (Å²) in [5.74, 6) is 0.207. The molecule has 0 bridgehead atoms. The van der Waals surface area contributed by atoms with E-state index in [2.05, 4.69) is 0 Å². The summed E-state index contributed by atoms with van der Waals surface area (Å²) in [4.78, 5) is 13.7. The first-order valence-corrected chi connectivity index (χ1v) is 9.09. The van der Waals surface area contributed by atoms with Gasteiger partial charge in [-0.25, -0.2) is 0 Å². The number of aliphatic hydroxyl groups excluding tert-OH is 2. The van der Waals surface area contributed by atoms with E-state index < -0.39 is 0 Å². The van der Waals surface area contributed by atoms with E-state index >= 15 is 0 Å². The quantitative estimate of drug-likeness (QED) is 0.761. The average molecular weight is 338 g/mol. The van der Waals surface area contributed by atoms with E-state index in [1.54, 1.807) is 0 Å². The van der Waals surface area contributed by atoms with Crippen molar-refractivity contribution in [1.82, 2.24) is 4.90 Å². The van der Waals surface area contributed by atoms with Crippen LogP contribution in [0.1, 0.15) is 62.9 Å². The topological polar surface area (TPSA) is 60.8 Å². The highest BCUT2D eigenvalue weighted by atomic mass is 16.3. The Labute approximate surface area is 147 Å². The largest absolute Gasteiger partial charge is 0.396 e. The zero-order chi connectivity index (χ0) is 18.5. The van der Waals surface area contributed by atoms with Crippen molar-refractivity contribution in [2.75, 3.05) is 19.7 Å². The fraction of sp³-hybridized carbons (Fsp3) is 0.650. The lowest BCUT2D eigenvalue weighted by molar-refractivity contribution is 0.0584. The summed E-state index contributed by atoms with van der Waals surface area (Å²) in [6, 6.07) is 7.72. The summed E-state index contributed by atoms with van der Waals surface area (Å²) in [7, 11) is 0. The van der Waals surface area contributed by atoms with Crippen molar-refractivity contribution in [1.29, 1.82) is 0 Å². The Bertz CT molecular complexity index is 454. The molecule has 2 N–H and O–H groups in total. The third-order valence-electron chi connectivity index (χ3n) is 4.20. The van der Waals surface area contributed by atoms with E-state index in [-0.39, 0.29) is 24.5 Å². The minimum Gasteiger partial charge on any atom is -0.396 e. The van der Waals surface area contributed by atoms with Crippen molar-refractivity contribution in [3.63, 3.8) is 0 Å². The number of carbonyl (C=O) groups excluding carboxylic acids is 1. The summed E-state index contributed by atoms with van der Waals surface area (Å²) in [5, 5.41) is 18.1. The first kappa shape index (κ1) is 22.6. The van der Waals surface area contributed by atoms with E-state index in [0.717, 1.165) is 43.5 Å². The molecule has 2 unspecified atom stereocenters. The lowest BCUT2D eigenvalue weighted by Crippen LogP contribution is -2.30. The summed E-state index contributed by atoms with van der Waals surface area (Å²) in [6.07, 6.45) is 2.34. The Balaban J connectivity index is 0.000000470. The van der Waals surface area contributed by atoms with Crippen molar-refractivity contribution in [2.45, 2.75) is 60.0 Å². The number of hydrogen-bond donors (Lipinski definition) is 2. The first-order chi connectivity index (χ1) is 11.4. The van der Waals surface area contributed by atoms with Gasteiger partial charge in [0.1, 0.15) is 0 Å². The molecule has 0 saturated heterocycles. The van der Waals surface area contributed by atoms with Gasteiger partial charge in [-0.2, -0.15) is 0 Å². The Hall–Kier alpha value is -1.39. The van der Waals surface area contributed by atoms with Crippen LogP contribution in [0.3, 0.4) is 0 Å². The van der Waals surface area contributed by atoms with Crippen LogP contribution in [0.5, 0.6) is 0 Å². The molecule has 0 aliphatic carbocycles. The van der Waals surface area contributed by atoms with E-state index in [4.69, 9.17) is 5.11 Å². The van der Waals surface area contributed by atoms with Gasteiger partial charge in [0.05, 0.1) is 6.10 Å². The maximum atomic E-state index is 11.9. The molecule has 4 heteroatoms. The normalized spacial score (nSPS) is 12.8. The summed E-state index contributed by atoms with van der Waals surface area (Å²) < 4.78 is 0. The van der Waals surface area contributed by atoms with Crippen LogP contribution in [0.25, 0.3) is 0 Å². The van der Waals surface area contributed by atoms with Gasteiger partial charge >= 0.3 is 0 Å². The minimum absolute atomic E-state index is 0.0833. The zero-order valence-electron chi connectivity index (χ0n) is 16.0. The van der Waals surface area contributed by atoms with Crippen LogP contribution >= 0.6 is 0 Å². The number of aliphatic hydroxyl groups is 2. The van der Waals surface area contributed by atoms with Crippen LogP contribution in [0, 0.1) is 12.8 Å². The number of carbonyl (C=O) groups is 1.